The van der Waals surface area contributed by atoms with Crippen molar-refractivity contribution in [2.75, 3.05) is 0 Å². The molecule has 0 aliphatic carbocycles. The topological polar surface area (TPSA) is 12.9 Å². The Bertz CT molecular complexity index is 1330. The normalized spacial score (nSPS) is 12.2. The molecule has 0 unspecified atom stereocenters. The molecule has 2 heterocycles. The Labute approximate surface area is 168 Å². The van der Waals surface area contributed by atoms with Crippen molar-refractivity contribution in [1.29, 1.82) is 0 Å². The summed E-state index contributed by atoms with van der Waals surface area (Å²) in [5, 5.41) is 7.73. The van der Waals surface area contributed by atoms with E-state index in [-0.39, 0.29) is 20.1 Å². The van der Waals surface area contributed by atoms with E-state index in [0.717, 1.165) is 11.3 Å². The van der Waals surface area contributed by atoms with Gasteiger partial charge in [-0.05, 0) is 50.1 Å². The summed E-state index contributed by atoms with van der Waals surface area (Å²) in [6.45, 7) is 0. The van der Waals surface area contributed by atoms with Gasteiger partial charge in [-0.15, -0.1) is 41.6 Å². The number of pyridine rings is 1. The molecule has 6 rings (SSSR count). The van der Waals surface area contributed by atoms with Crippen molar-refractivity contribution in [2.45, 2.75) is 9.79 Å². The van der Waals surface area contributed by atoms with Crippen LogP contribution in [0, 0.1) is 6.07 Å². The molecular weight excluding hydrogens is 515 g/mol. The molecule has 125 valence electrons. The number of nitrogens with zero attached hydrogens (tertiary/aromatic N) is 1. The molecule has 5 aromatic rings. The van der Waals surface area contributed by atoms with Crippen LogP contribution < -0.4 is 0 Å². The summed E-state index contributed by atoms with van der Waals surface area (Å²) < 4.78 is 0. The third-order valence-corrected chi connectivity index (χ3v) is 6.11. The van der Waals surface area contributed by atoms with E-state index in [2.05, 4.69) is 60.7 Å². The summed E-state index contributed by atoms with van der Waals surface area (Å²) in [7, 11) is 0. The van der Waals surface area contributed by atoms with Gasteiger partial charge in [-0.1, -0.05) is 41.3 Å². The van der Waals surface area contributed by atoms with Crippen molar-refractivity contribution < 1.29 is 20.1 Å². The minimum absolute atomic E-state index is 0. The first-order valence-electron chi connectivity index (χ1n) is 8.32. The zero-order chi connectivity index (χ0) is 16.4. The first kappa shape index (κ1) is 16.0. The van der Waals surface area contributed by atoms with Gasteiger partial charge in [0, 0.05) is 31.2 Å². The van der Waals surface area contributed by atoms with E-state index in [9.17, 15) is 0 Å². The Balaban J connectivity index is 0.00000150. The molecule has 0 bridgehead atoms. The average Bonchev–Trinajstić information content (AvgIpc) is 2.68. The third kappa shape index (κ3) is 2.12. The summed E-state index contributed by atoms with van der Waals surface area (Å²) in [4.78, 5) is 7.22. The predicted molar refractivity (Wildman–Crippen MR) is 105 cm³/mol. The molecule has 0 saturated carbocycles. The summed E-state index contributed by atoms with van der Waals surface area (Å²) in [5.74, 6) is 0. The van der Waals surface area contributed by atoms with Crippen LogP contribution in [0.3, 0.4) is 0 Å². The second kappa shape index (κ2) is 5.92. The molecule has 0 N–H and O–H groups in total. The molecule has 0 atom stereocenters. The molecule has 1 aromatic heterocycles. The van der Waals surface area contributed by atoms with Gasteiger partial charge in [-0.2, -0.15) is 0 Å². The number of hydrogen-bond donors (Lipinski definition) is 0. The van der Waals surface area contributed by atoms with E-state index in [4.69, 9.17) is 4.98 Å². The molecule has 0 amide bonds. The molecule has 1 nitrogen and oxygen atoms in total. The van der Waals surface area contributed by atoms with Gasteiger partial charge >= 0.3 is 0 Å². The van der Waals surface area contributed by atoms with Crippen molar-refractivity contribution in [1.82, 2.24) is 4.98 Å². The molecule has 1 aliphatic rings. The molecule has 3 heteroatoms. The number of aromatic nitrogens is 1. The van der Waals surface area contributed by atoms with Crippen LogP contribution in [0.15, 0.2) is 82.7 Å². The zero-order valence-corrected chi connectivity index (χ0v) is 16.8. The minimum atomic E-state index is 0. The first-order valence-corrected chi connectivity index (χ1v) is 9.14. The number of hydrogen-bond acceptors (Lipinski definition) is 2. The number of rotatable bonds is 0. The number of fused-ring (bicyclic) bond motifs is 6. The number of benzene rings is 4. The Kier molecular flexibility index (Phi) is 3.65. The Morgan fingerprint density at radius 2 is 1.69 bits per heavy atom. The van der Waals surface area contributed by atoms with Gasteiger partial charge in [0.2, 0.25) is 0 Å². The van der Waals surface area contributed by atoms with Gasteiger partial charge in [0.15, 0.2) is 0 Å². The molecule has 0 saturated heterocycles. The fourth-order valence-corrected chi connectivity index (χ4v) is 5.03. The van der Waals surface area contributed by atoms with Gasteiger partial charge in [0.1, 0.15) is 0 Å². The standard InChI is InChI=1S/C23H12NS.Ir/c1-2-6-15-14(5-1)9-10-16-17-11-12-24-23-18-7-3-4-8-20(18)25-21(22(17)23)13-19(15)16;/h1-6,8-13H;/q-1;. The van der Waals surface area contributed by atoms with Crippen molar-refractivity contribution in [2.24, 2.45) is 0 Å². The summed E-state index contributed by atoms with van der Waals surface area (Å²) in [6.07, 6.45) is 1.93. The second-order valence-electron chi connectivity index (χ2n) is 6.35. The van der Waals surface area contributed by atoms with Gasteiger partial charge in [-0.3, -0.25) is 0 Å². The third-order valence-electron chi connectivity index (χ3n) is 5.01. The van der Waals surface area contributed by atoms with Crippen LogP contribution >= 0.6 is 11.8 Å². The van der Waals surface area contributed by atoms with E-state index < -0.39 is 0 Å². The van der Waals surface area contributed by atoms with Crippen molar-refractivity contribution in [3.05, 3.63) is 79.0 Å². The fraction of sp³-hybridized carbons (Fsp3) is 0. The minimum Gasteiger partial charge on any atom is -0.304 e. The van der Waals surface area contributed by atoms with Crippen LogP contribution in [-0.2, 0) is 20.1 Å². The van der Waals surface area contributed by atoms with Crippen LogP contribution in [0.1, 0.15) is 0 Å². The average molecular weight is 527 g/mol. The van der Waals surface area contributed by atoms with Gasteiger partial charge in [0.05, 0.1) is 0 Å². The van der Waals surface area contributed by atoms with Gasteiger partial charge in [0.25, 0.3) is 0 Å². The first-order chi connectivity index (χ1) is 12.4. The summed E-state index contributed by atoms with van der Waals surface area (Å²) in [5.41, 5.74) is 2.17. The van der Waals surface area contributed by atoms with E-state index in [1.165, 1.54) is 42.1 Å². The molecule has 0 fully saturated rings. The van der Waals surface area contributed by atoms with Crippen molar-refractivity contribution >= 4 is 44.1 Å². The smallest absolute Gasteiger partial charge is 0.0167 e. The molecule has 26 heavy (non-hydrogen) atoms. The monoisotopic (exact) mass is 527 g/mol. The maximum absolute atomic E-state index is 4.70. The van der Waals surface area contributed by atoms with Crippen LogP contribution in [0.4, 0.5) is 0 Å². The Morgan fingerprint density at radius 1 is 0.769 bits per heavy atom. The molecule has 1 radical (unpaired) electrons. The van der Waals surface area contributed by atoms with E-state index in [1.807, 2.05) is 30.1 Å². The van der Waals surface area contributed by atoms with Gasteiger partial charge in [-0.25, -0.2) is 0 Å². The maximum Gasteiger partial charge on any atom is 0.0167 e. The van der Waals surface area contributed by atoms with Crippen LogP contribution in [0.25, 0.3) is 43.6 Å². The molecular formula is C23H12IrNS-. The SMILES string of the molecule is [Ir].[c-]1cccc2c1-c1nccc3c1c(cc1c4ccccc4ccc31)S2. The molecule has 4 aromatic carbocycles. The van der Waals surface area contributed by atoms with Crippen molar-refractivity contribution in [3.63, 3.8) is 0 Å². The summed E-state index contributed by atoms with van der Waals surface area (Å²) >= 11 is 1.83. The maximum atomic E-state index is 4.70. The zero-order valence-electron chi connectivity index (χ0n) is 13.6. The predicted octanol–water partition coefficient (Wildman–Crippen LogP) is 6.47. The van der Waals surface area contributed by atoms with Crippen LogP contribution in [-0.4, -0.2) is 4.98 Å². The van der Waals surface area contributed by atoms with E-state index in [0.29, 0.717) is 0 Å². The molecule has 1 aliphatic heterocycles. The fourth-order valence-electron chi connectivity index (χ4n) is 3.90. The van der Waals surface area contributed by atoms with Crippen molar-refractivity contribution in [3.8, 4) is 11.3 Å². The Morgan fingerprint density at radius 3 is 2.65 bits per heavy atom. The van der Waals surface area contributed by atoms with Gasteiger partial charge < -0.3 is 4.98 Å². The van der Waals surface area contributed by atoms with Crippen LogP contribution in [0.5, 0.6) is 0 Å². The quantitative estimate of drug-likeness (QED) is 0.166. The van der Waals surface area contributed by atoms with E-state index in [1.54, 1.807) is 0 Å². The second-order valence-corrected chi connectivity index (χ2v) is 7.43. The summed E-state index contributed by atoms with van der Waals surface area (Å²) in [6, 6.07) is 27.1. The molecule has 0 spiro atoms. The van der Waals surface area contributed by atoms with Crippen LogP contribution in [0.2, 0.25) is 0 Å². The largest absolute Gasteiger partial charge is 0.304 e. The van der Waals surface area contributed by atoms with E-state index >= 15 is 0 Å². The Hall–Kier alpha value is -2.19.